The van der Waals surface area contributed by atoms with E-state index in [1.165, 1.54) is 29.7 Å². The van der Waals surface area contributed by atoms with Crippen LogP contribution >= 0.6 is 0 Å². The third-order valence-electron chi connectivity index (χ3n) is 7.17. The Morgan fingerprint density at radius 1 is 1.12 bits per heavy atom. The molecule has 0 radical (unpaired) electrons. The first kappa shape index (κ1) is 28.6. The van der Waals surface area contributed by atoms with Crippen LogP contribution in [0.4, 0.5) is 10.1 Å². The summed E-state index contributed by atoms with van der Waals surface area (Å²) in [5.74, 6) is -0.268. The van der Waals surface area contributed by atoms with Crippen molar-refractivity contribution in [1.29, 1.82) is 0 Å². The Kier molecular flexibility index (Phi) is 8.28. The van der Waals surface area contributed by atoms with Crippen molar-refractivity contribution in [3.8, 4) is 11.3 Å². The van der Waals surface area contributed by atoms with Crippen LogP contribution < -0.4 is 9.62 Å². The number of hydrogen-bond acceptors (Lipinski definition) is 5. The standard InChI is InChI=1S/C32H33FN2O5S/c1-21(19-39-20-22-7-5-4-6-8-22)15-16-35(41(3,37)38)28-18-29-27(17-26(28)23-9-10-23)30(32(36)34-2)31(40-29)24-11-13-25(33)14-12-24/h4-8,11-14,17-18,23H,1,9-10,15-16,19-20H2,2-3H3,(H,34,36). The average molecular weight is 577 g/mol. The summed E-state index contributed by atoms with van der Waals surface area (Å²) in [7, 11) is -2.13. The number of fused-ring (bicyclic) bond motifs is 1. The Labute approximate surface area is 239 Å². The van der Waals surface area contributed by atoms with Crippen molar-refractivity contribution >= 4 is 32.6 Å². The fourth-order valence-corrected chi connectivity index (χ4v) is 5.86. The Balaban J connectivity index is 1.47. The summed E-state index contributed by atoms with van der Waals surface area (Å²) < 4.78 is 53.2. The molecule has 1 heterocycles. The molecule has 1 fully saturated rings. The van der Waals surface area contributed by atoms with Crippen LogP contribution in [0.25, 0.3) is 22.3 Å². The highest BCUT2D eigenvalue weighted by Crippen LogP contribution is 2.48. The first-order valence-corrected chi connectivity index (χ1v) is 15.3. The molecule has 0 unspecified atom stereocenters. The summed E-state index contributed by atoms with van der Waals surface area (Å²) >= 11 is 0. The Morgan fingerprint density at radius 2 is 1.83 bits per heavy atom. The van der Waals surface area contributed by atoms with E-state index in [0.29, 0.717) is 53.2 Å². The minimum Gasteiger partial charge on any atom is -0.455 e. The second kappa shape index (κ2) is 11.9. The van der Waals surface area contributed by atoms with Crippen LogP contribution in [0, 0.1) is 5.82 Å². The molecule has 7 nitrogen and oxygen atoms in total. The lowest BCUT2D eigenvalue weighted by molar-refractivity contribution is 0.0964. The number of rotatable bonds is 12. The molecule has 0 aliphatic heterocycles. The number of amides is 1. The van der Waals surface area contributed by atoms with Crippen LogP contribution in [-0.2, 0) is 21.4 Å². The van der Waals surface area contributed by atoms with Gasteiger partial charge >= 0.3 is 0 Å². The molecule has 1 aliphatic rings. The fraction of sp³-hybridized carbons (Fsp3) is 0.281. The van der Waals surface area contributed by atoms with Gasteiger partial charge in [-0.1, -0.05) is 42.5 Å². The molecule has 1 amide bonds. The summed E-state index contributed by atoms with van der Waals surface area (Å²) in [5.41, 5.74) is 4.46. The SMILES string of the molecule is C=C(CCN(c1cc2oc(-c3ccc(F)cc3)c(C(=O)NC)c2cc1C1CC1)S(C)(=O)=O)COCc1ccccc1. The smallest absolute Gasteiger partial charge is 0.255 e. The lowest BCUT2D eigenvalue weighted by Gasteiger charge is -2.25. The largest absolute Gasteiger partial charge is 0.455 e. The maximum atomic E-state index is 13.6. The number of anilines is 1. The van der Waals surface area contributed by atoms with E-state index in [2.05, 4.69) is 11.9 Å². The average Bonchev–Trinajstić information content (AvgIpc) is 3.73. The van der Waals surface area contributed by atoms with Crippen LogP contribution in [0.5, 0.6) is 0 Å². The van der Waals surface area contributed by atoms with Crippen molar-refractivity contribution in [2.24, 2.45) is 0 Å². The van der Waals surface area contributed by atoms with E-state index in [0.717, 1.165) is 29.5 Å². The minimum absolute atomic E-state index is 0.178. The van der Waals surface area contributed by atoms with E-state index in [9.17, 15) is 17.6 Å². The highest BCUT2D eigenvalue weighted by molar-refractivity contribution is 7.92. The highest BCUT2D eigenvalue weighted by atomic mass is 32.2. The van der Waals surface area contributed by atoms with Gasteiger partial charge in [-0.05, 0) is 66.6 Å². The quantitative estimate of drug-likeness (QED) is 0.197. The monoisotopic (exact) mass is 576 g/mol. The summed E-state index contributed by atoms with van der Waals surface area (Å²) in [6.45, 7) is 5.05. The predicted octanol–water partition coefficient (Wildman–Crippen LogP) is 6.41. The molecule has 4 aromatic rings. The van der Waals surface area contributed by atoms with Crippen molar-refractivity contribution in [3.05, 3.63) is 101 Å². The summed E-state index contributed by atoms with van der Waals surface area (Å²) in [5, 5.41) is 3.25. The topological polar surface area (TPSA) is 88.9 Å². The molecule has 0 bridgehead atoms. The number of halogens is 1. The number of ether oxygens (including phenoxy) is 1. The second-order valence-electron chi connectivity index (χ2n) is 10.4. The number of nitrogens with zero attached hydrogens (tertiary/aromatic N) is 1. The van der Waals surface area contributed by atoms with Gasteiger partial charge < -0.3 is 14.5 Å². The fourth-order valence-electron chi connectivity index (χ4n) is 4.93. The molecule has 0 saturated heterocycles. The van der Waals surface area contributed by atoms with Crippen LogP contribution in [0.15, 0.2) is 83.3 Å². The van der Waals surface area contributed by atoms with E-state index < -0.39 is 15.8 Å². The van der Waals surface area contributed by atoms with Gasteiger partial charge in [0.05, 0.1) is 30.7 Å². The molecule has 3 aromatic carbocycles. The van der Waals surface area contributed by atoms with Crippen LogP contribution in [-0.4, -0.2) is 40.8 Å². The van der Waals surface area contributed by atoms with E-state index >= 15 is 0 Å². The molecule has 1 aliphatic carbocycles. The Bertz CT molecular complexity index is 1680. The van der Waals surface area contributed by atoms with Gasteiger partial charge in [-0.15, -0.1) is 0 Å². The first-order valence-electron chi connectivity index (χ1n) is 13.5. The van der Waals surface area contributed by atoms with Gasteiger partial charge in [-0.3, -0.25) is 9.10 Å². The highest BCUT2D eigenvalue weighted by Gasteiger charge is 2.33. The summed E-state index contributed by atoms with van der Waals surface area (Å²) in [4.78, 5) is 13.0. The lowest BCUT2D eigenvalue weighted by Crippen LogP contribution is -2.32. The molecule has 0 atom stereocenters. The van der Waals surface area contributed by atoms with Gasteiger partial charge in [0.15, 0.2) is 0 Å². The molecule has 1 saturated carbocycles. The van der Waals surface area contributed by atoms with Gasteiger partial charge in [0.25, 0.3) is 5.91 Å². The van der Waals surface area contributed by atoms with Crippen molar-refractivity contribution < 1.29 is 26.8 Å². The van der Waals surface area contributed by atoms with Gasteiger partial charge in [-0.25, -0.2) is 12.8 Å². The molecule has 0 spiro atoms. The summed E-state index contributed by atoms with van der Waals surface area (Å²) in [6, 6.07) is 19.1. The van der Waals surface area contributed by atoms with Crippen molar-refractivity contribution in [3.63, 3.8) is 0 Å². The zero-order valence-electron chi connectivity index (χ0n) is 23.2. The zero-order chi connectivity index (χ0) is 29.1. The normalized spacial score (nSPS) is 13.3. The number of carbonyl (C=O) groups is 1. The Morgan fingerprint density at radius 3 is 2.46 bits per heavy atom. The maximum absolute atomic E-state index is 13.6. The van der Waals surface area contributed by atoms with E-state index in [4.69, 9.17) is 9.15 Å². The summed E-state index contributed by atoms with van der Waals surface area (Å²) in [6.07, 6.45) is 3.44. The third kappa shape index (κ3) is 6.52. The van der Waals surface area contributed by atoms with Crippen molar-refractivity contribution in [1.82, 2.24) is 5.32 Å². The molecule has 1 aromatic heterocycles. The number of nitrogens with one attached hydrogen (secondary N) is 1. The Hall–Kier alpha value is -3.95. The van der Waals surface area contributed by atoms with Crippen LogP contribution in [0.3, 0.4) is 0 Å². The second-order valence-corrected chi connectivity index (χ2v) is 12.3. The molecular formula is C32H33FN2O5S. The van der Waals surface area contributed by atoms with Crippen molar-refractivity contribution in [2.45, 2.75) is 31.8 Å². The zero-order valence-corrected chi connectivity index (χ0v) is 24.0. The first-order chi connectivity index (χ1) is 19.7. The molecular weight excluding hydrogens is 543 g/mol. The van der Waals surface area contributed by atoms with Crippen molar-refractivity contribution in [2.75, 3.05) is 30.8 Å². The minimum atomic E-state index is -3.67. The maximum Gasteiger partial charge on any atom is 0.255 e. The van der Waals surface area contributed by atoms with Gasteiger partial charge in [0, 0.05) is 30.6 Å². The number of benzene rings is 3. The third-order valence-corrected chi connectivity index (χ3v) is 8.35. The van der Waals surface area contributed by atoms with Gasteiger partial charge in [0.1, 0.15) is 17.2 Å². The number of hydrogen-bond donors (Lipinski definition) is 1. The van der Waals surface area contributed by atoms with E-state index in [-0.39, 0.29) is 18.4 Å². The van der Waals surface area contributed by atoms with Gasteiger partial charge in [-0.2, -0.15) is 0 Å². The molecule has 5 rings (SSSR count). The van der Waals surface area contributed by atoms with Gasteiger partial charge in [0.2, 0.25) is 10.0 Å². The predicted molar refractivity (Wildman–Crippen MR) is 159 cm³/mol. The number of carbonyl (C=O) groups excluding carboxylic acids is 1. The van der Waals surface area contributed by atoms with E-state index in [1.807, 2.05) is 36.4 Å². The number of furan rings is 1. The van der Waals surface area contributed by atoms with E-state index in [1.54, 1.807) is 18.2 Å². The number of sulfonamides is 1. The molecule has 214 valence electrons. The molecule has 9 heteroatoms. The van der Waals surface area contributed by atoms with Crippen LogP contribution in [0.1, 0.15) is 46.7 Å². The molecule has 41 heavy (non-hydrogen) atoms. The molecule has 1 N–H and O–H groups in total. The van der Waals surface area contributed by atoms with Crippen LogP contribution in [0.2, 0.25) is 0 Å². The lowest BCUT2D eigenvalue weighted by atomic mass is 10.00.